The lowest BCUT2D eigenvalue weighted by Gasteiger charge is -2.30. The van der Waals surface area contributed by atoms with Crippen LogP contribution in [0.4, 0.5) is 0 Å². The third-order valence-corrected chi connectivity index (χ3v) is 6.20. The number of hydrogen-bond donors (Lipinski definition) is 2. The average molecular weight is 454 g/mol. The fraction of sp³-hybridized carbons (Fsp3) is 0.941. The molecule has 2 rings (SSSR count). The summed E-state index contributed by atoms with van der Waals surface area (Å²) in [5, 5.41) is 7.90. The lowest BCUT2D eigenvalue weighted by Crippen LogP contribution is -2.43. The Morgan fingerprint density at radius 3 is 2.57 bits per heavy atom. The smallest absolute Gasteiger partial charge is 0.191 e. The number of likely N-dealkylation sites (tertiary alicyclic amines) is 1. The summed E-state index contributed by atoms with van der Waals surface area (Å²) in [6.07, 6.45) is 10.0. The van der Waals surface area contributed by atoms with Crippen LogP contribution in [0.5, 0.6) is 0 Å². The molecule has 0 bridgehead atoms. The standard InChI is InChI=1S/C17H34N4S.HI/c1-14-7-11-21(12-8-14)10-4-9-19-17(18-2)20-15-5-6-16(13-15)22-3;/h14-16H,4-13H2,1-3H3,(H2,18,19,20);1H. The number of halogens is 1. The van der Waals surface area contributed by atoms with Crippen LogP contribution in [0, 0.1) is 5.92 Å². The Morgan fingerprint density at radius 2 is 1.96 bits per heavy atom. The molecule has 1 saturated carbocycles. The van der Waals surface area contributed by atoms with E-state index in [-0.39, 0.29) is 24.0 Å². The van der Waals surface area contributed by atoms with Gasteiger partial charge in [0.2, 0.25) is 0 Å². The highest BCUT2D eigenvalue weighted by Crippen LogP contribution is 2.27. The van der Waals surface area contributed by atoms with Gasteiger partial charge in [0.25, 0.3) is 0 Å². The predicted octanol–water partition coefficient (Wildman–Crippen LogP) is 3.18. The van der Waals surface area contributed by atoms with Crippen LogP contribution in [-0.4, -0.2) is 61.6 Å². The van der Waals surface area contributed by atoms with Crippen molar-refractivity contribution in [1.82, 2.24) is 15.5 Å². The zero-order valence-corrected chi connectivity index (χ0v) is 18.2. The molecule has 0 amide bonds. The zero-order chi connectivity index (χ0) is 15.8. The van der Waals surface area contributed by atoms with Gasteiger partial charge in [-0.25, -0.2) is 0 Å². The van der Waals surface area contributed by atoms with Crippen molar-refractivity contribution in [3.05, 3.63) is 0 Å². The van der Waals surface area contributed by atoms with Crippen LogP contribution < -0.4 is 10.6 Å². The molecule has 2 aliphatic rings. The number of nitrogens with one attached hydrogen (secondary N) is 2. The van der Waals surface area contributed by atoms with Crippen molar-refractivity contribution in [2.75, 3.05) is 39.5 Å². The van der Waals surface area contributed by atoms with Gasteiger partial charge in [-0.05, 0) is 70.3 Å². The summed E-state index contributed by atoms with van der Waals surface area (Å²) >= 11 is 2.00. The van der Waals surface area contributed by atoms with Gasteiger partial charge >= 0.3 is 0 Å². The second-order valence-electron chi connectivity index (χ2n) is 6.89. The molecule has 0 aromatic heterocycles. The fourth-order valence-corrected chi connectivity index (χ4v) is 4.26. The highest BCUT2D eigenvalue weighted by molar-refractivity contribution is 14.0. The van der Waals surface area contributed by atoms with Crippen molar-refractivity contribution >= 4 is 41.7 Å². The Morgan fingerprint density at radius 1 is 1.22 bits per heavy atom. The maximum atomic E-state index is 4.37. The molecule has 2 N–H and O–H groups in total. The maximum Gasteiger partial charge on any atom is 0.191 e. The van der Waals surface area contributed by atoms with Gasteiger partial charge in [0, 0.05) is 24.9 Å². The van der Waals surface area contributed by atoms with Crippen LogP contribution in [0.15, 0.2) is 4.99 Å². The van der Waals surface area contributed by atoms with Gasteiger partial charge in [-0.3, -0.25) is 4.99 Å². The normalized spacial score (nSPS) is 26.8. The van der Waals surface area contributed by atoms with Gasteiger partial charge in [-0.1, -0.05) is 6.92 Å². The summed E-state index contributed by atoms with van der Waals surface area (Å²) in [4.78, 5) is 6.98. The minimum atomic E-state index is 0. The molecule has 23 heavy (non-hydrogen) atoms. The third-order valence-electron chi connectivity index (χ3n) is 5.10. The number of thioether (sulfide) groups is 1. The van der Waals surface area contributed by atoms with Crippen LogP contribution in [0.1, 0.15) is 45.4 Å². The Balaban J connectivity index is 0.00000264. The monoisotopic (exact) mass is 454 g/mol. The van der Waals surface area contributed by atoms with Gasteiger partial charge in [-0.2, -0.15) is 11.8 Å². The second-order valence-corrected chi connectivity index (χ2v) is 8.03. The first-order valence-corrected chi connectivity index (χ1v) is 10.2. The summed E-state index contributed by atoms with van der Waals surface area (Å²) in [7, 11) is 1.88. The molecular formula is C17H35IN4S. The van der Waals surface area contributed by atoms with Crippen molar-refractivity contribution in [3.8, 4) is 0 Å². The topological polar surface area (TPSA) is 39.7 Å². The molecule has 2 atom stereocenters. The lowest BCUT2D eigenvalue weighted by molar-refractivity contribution is 0.191. The maximum absolute atomic E-state index is 4.37. The number of rotatable bonds is 6. The second kappa shape index (κ2) is 11.8. The molecule has 6 heteroatoms. The minimum absolute atomic E-state index is 0. The van der Waals surface area contributed by atoms with E-state index in [0.29, 0.717) is 6.04 Å². The molecule has 1 heterocycles. The van der Waals surface area contributed by atoms with Crippen LogP contribution in [0.25, 0.3) is 0 Å². The molecule has 136 valence electrons. The molecule has 1 aliphatic heterocycles. The SMILES string of the molecule is CN=C(NCCCN1CCC(C)CC1)NC1CCC(SC)C1.I. The van der Waals surface area contributed by atoms with Gasteiger partial charge in [0.1, 0.15) is 0 Å². The molecule has 0 aromatic carbocycles. The first-order valence-electron chi connectivity index (χ1n) is 8.93. The first-order chi connectivity index (χ1) is 10.7. The highest BCUT2D eigenvalue weighted by atomic mass is 127. The molecular weight excluding hydrogens is 419 g/mol. The van der Waals surface area contributed by atoms with E-state index in [1.165, 1.54) is 58.2 Å². The molecule has 0 spiro atoms. The van der Waals surface area contributed by atoms with Crippen molar-refractivity contribution in [2.45, 2.75) is 56.7 Å². The number of piperidine rings is 1. The number of guanidine groups is 1. The Labute approximate surface area is 164 Å². The molecule has 4 nitrogen and oxygen atoms in total. The minimum Gasteiger partial charge on any atom is -0.356 e. The van der Waals surface area contributed by atoms with Crippen molar-refractivity contribution in [2.24, 2.45) is 10.9 Å². The van der Waals surface area contributed by atoms with E-state index in [2.05, 4.69) is 33.7 Å². The lowest BCUT2D eigenvalue weighted by atomic mass is 9.99. The quantitative estimate of drug-likeness (QED) is 0.280. The van der Waals surface area contributed by atoms with Crippen molar-refractivity contribution in [3.63, 3.8) is 0 Å². The van der Waals surface area contributed by atoms with E-state index in [1.54, 1.807) is 0 Å². The first kappa shape index (κ1) is 21.4. The van der Waals surface area contributed by atoms with Crippen LogP contribution in [-0.2, 0) is 0 Å². The van der Waals surface area contributed by atoms with Gasteiger partial charge in [0.05, 0.1) is 0 Å². The Kier molecular flexibility index (Phi) is 10.9. The largest absolute Gasteiger partial charge is 0.356 e. The summed E-state index contributed by atoms with van der Waals surface area (Å²) in [6, 6.07) is 0.604. The number of aliphatic imine (C=N–C) groups is 1. The molecule has 1 aliphatic carbocycles. The summed E-state index contributed by atoms with van der Waals surface area (Å²) < 4.78 is 0. The molecule has 0 radical (unpaired) electrons. The molecule has 2 unspecified atom stereocenters. The molecule has 0 aromatic rings. The summed E-state index contributed by atoms with van der Waals surface area (Å²) in [5.74, 6) is 1.91. The average Bonchev–Trinajstić information content (AvgIpc) is 2.99. The third kappa shape index (κ3) is 7.82. The van der Waals surface area contributed by atoms with Gasteiger partial charge in [-0.15, -0.1) is 24.0 Å². The van der Waals surface area contributed by atoms with Gasteiger partial charge < -0.3 is 15.5 Å². The van der Waals surface area contributed by atoms with E-state index >= 15 is 0 Å². The summed E-state index contributed by atoms with van der Waals surface area (Å²) in [6.45, 7) is 7.18. The van der Waals surface area contributed by atoms with Crippen LogP contribution in [0.2, 0.25) is 0 Å². The Hall–Kier alpha value is 0.310. The van der Waals surface area contributed by atoms with Crippen molar-refractivity contribution < 1.29 is 0 Å². The van der Waals surface area contributed by atoms with E-state index in [4.69, 9.17) is 0 Å². The number of nitrogens with zero attached hydrogens (tertiary/aromatic N) is 2. The number of hydrogen-bond acceptors (Lipinski definition) is 3. The fourth-order valence-electron chi connectivity index (χ4n) is 3.47. The Bertz CT molecular complexity index is 345. The molecule has 1 saturated heterocycles. The van der Waals surface area contributed by atoms with E-state index in [9.17, 15) is 0 Å². The predicted molar refractivity (Wildman–Crippen MR) is 114 cm³/mol. The zero-order valence-electron chi connectivity index (χ0n) is 15.0. The van der Waals surface area contributed by atoms with Crippen LogP contribution in [0.3, 0.4) is 0 Å². The van der Waals surface area contributed by atoms with Crippen molar-refractivity contribution in [1.29, 1.82) is 0 Å². The molecule has 2 fully saturated rings. The van der Waals surface area contributed by atoms with E-state index in [1.807, 2.05) is 18.8 Å². The van der Waals surface area contributed by atoms with E-state index in [0.717, 1.165) is 23.7 Å². The van der Waals surface area contributed by atoms with Crippen LogP contribution >= 0.6 is 35.7 Å². The summed E-state index contributed by atoms with van der Waals surface area (Å²) in [5.41, 5.74) is 0. The highest BCUT2D eigenvalue weighted by Gasteiger charge is 2.24. The van der Waals surface area contributed by atoms with E-state index < -0.39 is 0 Å². The van der Waals surface area contributed by atoms with Gasteiger partial charge in [0.15, 0.2) is 5.96 Å².